The van der Waals surface area contributed by atoms with Crippen molar-refractivity contribution >= 4 is 17.3 Å². The van der Waals surface area contributed by atoms with Gasteiger partial charge < -0.3 is 15.4 Å². The fraction of sp³-hybridized carbons (Fsp3) is 0.524. The van der Waals surface area contributed by atoms with Crippen LogP contribution >= 0.6 is 11.3 Å². The second kappa shape index (κ2) is 10.5. The first-order valence-corrected chi connectivity index (χ1v) is 10.8. The molecule has 0 aliphatic carbocycles. The lowest BCUT2D eigenvalue weighted by Gasteiger charge is -2.33. The Morgan fingerprint density at radius 2 is 2.17 bits per heavy atom. The molecule has 8 heteroatoms. The Morgan fingerprint density at radius 3 is 2.79 bits per heavy atom. The van der Waals surface area contributed by atoms with Crippen LogP contribution in [0.5, 0.6) is 5.75 Å². The van der Waals surface area contributed by atoms with Gasteiger partial charge in [-0.1, -0.05) is 6.07 Å². The van der Waals surface area contributed by atoms with Crippen molar-refractivity contribution in [2.45, 2.75) is 38.8 Å². The summed E-state index contributed by atoms with van der Waals surface area (Å²) in [6, 6.07) is 5.59. The topological polar surface area (TPSA) is 61.8 Å². The number of methoxy groups -OCH3 is 1. The molecule has 0 amide bonds. The van der Waals surface area contributed by atoms with Crippen LogP contribution in [0.15, 0.2) is 29.4 Å². The van der Waals surface area contributed by atoms with Crippen molar-refractivity contribution in [1.29, 1.82) is 0 Å². The number of hydrogen-bond donors (Lipinski definition) is 2. The first-order valence-electron chi connectivity index (χ1n) is 10.0. The molecule has 1 aliphatic heterocycles. The largest absolute Gasteiger partial charge is 0.494 e. The predicted octanol–water partition coefficient (Wildman–Crippen LogP) is 2.97. The average molecular weight is 420 g/mol. The monoisotopic (exact) mass is 419 g/mol. The number of thiazole rings is 1. The predicted molar refractivity (Wildman–Crippen MR) is 116 cm³/mol. The van der Waals surface area contributed by atoms with E-state index in [-0.39, 0.29) is 5.82 Å². The van der Waals surface area contributed by atoms with Crippen molar-refractivity contribution in [1.82, 2.24) is 20.5 Å². The molecule has 0 spiro atoms. The van der Waals surface area contributed by atoms with E-state index in [0.29, 0.717) is 11.8 Å². The average Bonchev–Trinajstić information content (AvgIpc) is 3.14. The molecule has 29 heavy (non-hydrogen) atoms. The summed E-state index contributed by atoms with van der Waals surface area (Å²) in [5.74, 6) is 0.832. The van der Waals surface area contributed by atoms with Crippen LogP contribution in [0.4, 0.5) is 4.39 Å². The van der Waals surface area contributed by atoms with Crippen molar-refractivity contribution in [3.63, 3.8) is 0 Å². The van der Waals surface area contributed by atoms with E-state index < -0.39 is 0 Å². The first kappa shape index (κ1) is 21.5. The van der Waals surface area contributed by atoms with Crippen molar-refractivity contribution < 1.29 is 9.13 Å². The van der Waals surface area contributed by atoms with Gasteiger partial charge in [0.05, 0.1) is 12.1 Å². The van der Waals surface area contributed by atoms with Crippen molar-refractivity contribution in [3.8, 4) is 5.75 Å². The highest BCUT2D eigenvalue weighted by Gasteiger charge is 2.20. The molecule has 0 atom stereocenters. The summed E-state index contributed by atoms with van der Waals surface area (Å²) in [4.78, 5) is 12.3. The SMILES string of the molecule is CN=C(NCCc1ncc(C)s1)NC1CCN(Cc2ccc(OC)c(F)c2)CC1. The molecule has 3 rings (SSSR count). The molecule has 6 nitrogen and oxygen atoms in total. The molecule has 1 saturated heterocycles. The molecule has 0 radical (unpaired) electrons. The zero-order valence-electron chi connectivity index (χ0n) is 17.4. The van der Waals surface area contributed by atoms with Crippen LogP contribution in [-0.2, 0) is 13.0 Å². The number of rotatable bonds is 7. The summed E-state index contributed by atoms with van der Waals surface area (Å²) in [7, 11) is 3.29. The van der Waals surface area contributed by atoms with E-state index in [1.165, 1.54) is 12.0 Å². The van der Waals surface area contributed by atoms with Gasteiger partial charge in [-0.15, -0.1) is 11.3 Å². The quantitative estimate of drug-likeness (QED) is 0.534. The third kappa shape index (κ3) is 6.40. The Kier molecular flexibility index (Phi) is 7.83. The van der Waals surface area contributed by atoms with E-state index in [0.717, 1.165) is 62.0 Å². The molecule has 2 N–H and O–H groups in total. The molecule has 0 saturated carbocycles. The molecule has 1 aromatic carbocycles. The van der Waals surface area contributed by atoms with Gasteiger partial charge in [0.1, 0.15) is 0 Å². The Morgan fingerprint density at radius 1 is 1.38 bits per heavy atom. The van der Waals surface area contributed by atoms with Crippen molar-refractivity contribution in [2.75, 3.05) is 33.8 Å². The lowest BCUT2D eigenvalue weighted by Crippen LogP contribution is -2.48. The number of aliphatic imine (C=N–C) groups is 1. The van der Waals surface area contributed by atoms with Gasteiger partial charge in [-0.25, -0.2) is 9.37 Å². The van der Waals surface area contributed by atoms with Crippen LogP contribution in [0.25, 0.3) is 0 Å². The minimum Gasteiger partial charge on any atom is -0.494 e. The maximum Gasteiger partial charge on any atom is 0.191 e. The Balaban J connectivity index is 1.39. The number of nitrogens with one attached hydrogen (secondary N) is 2. The van der Waals surface area contributed by atoms with Gasteiger partial charge in [-0.3, -0.25) is 9.89 Å². The summed E-state index contributed by atoms with van der Waals surface area (Å²) < 4.78 is 18.9. The second-order valence-electron chi connectivity index (χ2n) is 7.28. The van der Waals surface area contributed by atoms with Gasteiger partial charge in [0.15, 0.2) is 17.5 Å². The number of aryl methyl sites for hydroxylation is 1. The van der Waals surface area contributed by atoms with E-state index in [4.69, 9.17) is 4.74 Å². The highest BCUT2D eigenvalue weighted by Crippen LogP contribution is 2.20. The maximum atomic E-state index is 13.9. The Bertz CT molecular complexity index is 817. The van der Waals surface area contributed by atoms with E-state index in [2.05, 4.69) is 32.4 Å². The maximum absolute atomic E-state index is 13.9. The zero-order valence-corrected chi connectivity index (χ0v) is 18.2. The molecule has 0 unspecified atom stereocenters. The van der Waals surface area contributed by atoms with Crippen LogP contribution in [-0.4, -0.2) is 55.7 Å². The first-order chi connectivity index (χ1) is 14.1. The molecule has 2 heterocycles. The van der Waals surface area contributed by atoms with Crippen LogP contribution in [0.3, 0.4) is 0 Å². The van der Waals surface area contributed by atoms with Gasteiger partial charge in [-0.05, 0) is 37.5 Å². The van der Waals surface area contributed by atoms with E-state index in [1.807, 2.05) is 12.3 Å². The number of piperidine rings is 1. The van der Waals surface area contributed by atoms with Crippen molar-refractivity contribution in [3.05, 3.63) is 45.7 Å². The molecule has 158 valence electrons. The summed E-state index contributed by atoms with van der Waals surface area (Å²) in [5, 5.41) is 8.05. The Labute approximate surface area is 176 Å². The number of guanidine groups is 1. The van der Waals surface area contributed by atoms with Gasteiger partial charge >= 0.3 is 0 Å². The molecular formula is C21H30FN5OS. The smallest absolute Gasteiger partial charge is 0.191 e. The fourth-order valence-electron chi connectivity index (χ4n) is 3.49. The van der Waals surface area contributed by atoms with Gasteiger partial charge in [0, 0.05) is 56.8 Å². The van der Waals surface area contributed by atoms with E-state index >= 15 is 0 Å². The zero-order chi connectivity index (χ0) is 20.6. The van der Waals surface area contributed by atoms with E-state index in [1.54, 1.807) is 30.5 Å². The molecule has 1 aliphatic rings. The normalized spacial score (nSPS) is 16.1. The van der Waals surface area contributed by atoms with Gasteiger partial charge in [-0.2, -0.15) is 0 Å². The van der Waals surface area contributed by atoms with Crippen LogP contribution < -0.4 is 15.4 Å². The number of benzene rings is 1. The van der Waals surface area contributed by atoms with Gasteiger partial charge in [0.2, 0.25) is 0 Å². The third-order valence-corrected chi connectivity index (χ3v) is 6.05. The highest BCUT2D eigenvalue weighted by molar-refractivity contribution is 7.11. The molecule has 1 aromatic heterocycles. The summed E-state index contributed by atoms with van der Waals surface area (Å²) >= 11 is 1.74. The summed E-state index contributed by atoms with van der Waals surface area (Å²) in [5.41, 5.74) is 0.976. The van der Waals surface area contributed by atoms with Crippen LogP contribution in [0.2, 0.25) is 0 Å². The number of ether oxygens (including phenoxy) is 1. The fourth-order valence-corrected chi connectivity index (χ4v) is 4.28. The molecule has 2 aromatic rings. The van der Waals surface area contributed by atoms with Crippen LogP contribution in [0.1, 0.15) is 28.3 Å². The van der Waals surface area contributed by atoms with Crippen LogP contribution in [0, 0.1) is 12.7 Å². The standard InChI is InChI=1S/C21H30FN5OS/c1-15-13-25-20(29-15)6-9-24-21(23-2)26-17-7-10-27(11-8-17)14-16-4-5-19(28-3)18(22)12-16/h4-5,12-13,17H,6-11,14H2,1-3H3,(H2,23,24,26). The number of hydrogen-bond acceptors (Lipinski definition) is 5. The lowest BCUT2D eigenvalue weighted by atomic mass is 10.0. The van der Waals surface area contributed by atoms with E-state index in [9.17, 15) is 4.39 Å². The summed E-state index contributed by atoms with van der Waals surface area (Å²) in [6.45, 7) is 5.59. The molecule has 0 bridgehead atoms. The van der Waals surface area contributed by atoms with Gasteiger partial charge in [0.25, 0.3) is 0 Å². The highest BCUT2D eigenvalue weighted by atomic mass is 32.1. The second-order valence-corrected chi connectivity index (χ2v) is 8.60. The minimum absolute atomic E-state index is 0.292. The number of likely N-dealkylation sites (tertiary alicyclic amines) is 1. The molecular weight excluding hydrogens is 389 g/mol. The number of nitrogens with zero attached hydrogens (tertiary/aromatic N) is 3. The molecule has 1 fully saturated rings. The number of halogens is 1. The lowest BCUT2D eigenvalue weighted by molar-refractivity contribution is 0.198. The minimum atomic E-state index is -0.302. The van der Waals surface area contributed by atoms with Crippen molar-refractivity contribution in [2.24, 2.45) is 4.99 Å². The third-order valence-electron chi connectivity index (χ3n) is 5.07. The Hall–Kier alpha value is -2.19. The number of aromatic nitrogens is 1. The summed E-state index contributed by atoms with van der Waals surface area (Å²) in [6.07, 6.45) is 4.88.